The molecule has 1 atom stereocenters. The molecule has 134 valence electrons. The van der Waals surface area contributed by atoms with Crippen LogP contribution in [-0.4, -0.2) is 78.6 Å². The second-order valence-electron chi connectivity index (χ2n) is 6.95. The molecule has 2 fully saturated rings. The number of rotatable bonds is 5. The second kappa shape index (κ2) is 7.23. The summed E-state index contributed by atoms with van der Waals surface area (Å²) < 4.78 is 23.1. The van der Waals surface area contributed by atoms with Crippen molar-refractivity contribution in [2.24, 2.45) is 0 Å². The van der Waals surface area contributed by atoms with Crippen molar-refractivity contribution in [3.63, 3.8) is 0 Å². The van der Waals surface area contributed by atoms with E-state index in [1.807, 2.05) is 22.9 Å². The summed E-state index contributed by atoms with van der Waals surface area (Å²) in [6, 6.07) is 2.07. The number of sulfone groups is 1. The average molecular weight is 354 g/mol. The molecule has 0 saturated carbocycles. The first-order valence-corrected chi connectivity index (χ1v) is 10.4. The highest BCUT2D eigenvalue weighted by molar-refractivity contribution is 7.91. The molecule has 0 spiro atoms. The van der Waals surface area contributed by atoms with Crippen molar-refractivity contribution in [2.45, 2.75) is 37.6 Å². The maximum Gasteiger partial charge on any atom is 0.223 e. The van der Waals surface area contributed by atoms with Crippen molar-refractivity contribution in [3.05, 3.63) is 18.0 Å². The quantitative estimate of drug-likeness (QED) is 0.838. The molecule has 8 heteroatoms. The van der Waals surface area contributed by atoms with E-state index in [0.29, 0.717) is 25.3 Å². The van der Waals surface area contributed by atoms with Gasteiger partial charge >= 0.3 is 0 Å². The molecule has 1 aromatic rings. The van der Waals surface area contributed by atoms with Crippen LogP contribution >= 0.6 is 0 Å². The normalized spacial score (nSPS) is 24.6. The van der Waals surface area contributed by atoms with Crippen molar-refractivity contribution in [1.82, 2.24) is 20.0 Å². The third-order valence-electron chi connectivity index (χ3n) is 5.32. The van der Waals surface area contributed by atoms with Crippen LogP contribution in [0.4, 0.5) is 0 Å². The van der Waals surface area contributed by atoms with Gasteiger partial charge in [-0.15, -0.1) is 0 Å². The van der Waals surface area contributed by atoms with E-state index in [-0.39, 0.29) is 23.5 Å². The minimum atomic E-state index is -2.87. The number of amides is 1. The van der Waals surface area contributed by atoms with Crippen LogP contribution < -0.4 is 0 Å². The summed E-state index contributed by atoms with van der Waals surface area (Å²) in [7, 11) is -0.952. The number of aromatic nitrogens is 2. The lowest BCUT2D eigenvalue weighted by molar-refractivity contribution is -0.132. The van der Waals surface area contributed by atoms with Gasteiger partial charge in [0.15, 0.2) is 9.84 Å². The summed E-state index contributed by atoms with van der Waals surface area (Å²) in [6.45, 7) is 2.19. The predicted molar refractivity (Wildman–Crippen MR) is 91.4 cm³/mol. The van der Waals surface area contributed by atoms with Gasteiger partial charge in [0.05, 0.1) is 11.5 Å². The molecule has 1 amide bonds. The fourth-order valence-electron chi connectivity index (χ4n) is 3.67. The van der Waals surface area contributed by atoms with Crippen molar-refractivity contribution >= 4 is 15.7 Å². The Labute approximate surface area is 143 Å². The fraction of sp³-hybridized carbons (Fsp3) is 0.750. The second-order valence-corrected chi connectivity index (χ2v) is 9.18. The standard InChI is InChI=1S/C16H26N4O3S/c1-19(14-6-11-24(22,23)12-14)8-5-16(21)20-9-3-13(4-10-20)15-2-7-17-18-15/h2,7,13-14H,3-6,8-12H2,1H3,(H,17,18)/t14-/m0/s1. The van der Waals surface area contributed by atoms with Crippen LogP contribution in [0, 0.1) is 0 Å². The van der Waals surface area contributed by atoms with Crippen LogP contribution in [0.3, 0.4) is 0 Å². The molecule has 0 aromatic carbocycles. The van der Waals surface area contributed by atoms with Gasteiger partial charge in [-0.3, -0.25) is 9.89 Å². The first-order chi connectivity index (χ1) is 11.4. The van der Waals surface area contributed by atoms with Crippen molar-refractivity contribution in [3.8, 4) is 0 Å². The zero-order chi connectivity index (χ0) is 17.2. The molecule has 3 rings (SSSR count). The van der Waals surface area contributed by atoms with Crippen LogP contribution in [-0.2, 0) is 14.6 Å². The lowest BCUT2D eigenvalue weighted by Gasteiger charge is -2.32. The summed E-state index contributed by atoms with van der Waals surface area (Å²) in [5.74, 6) is 1.14. The van der Waals surface area contributed by atoms with Crippen molar-refractivity contribution in [1.29, 1.82) is 0 Å². The lowest BCUT2D eigenvalue weighted by Crippen LogP contribution is -2.41. The van der Waals surface area contributed by atoms with Gasteiger partial charge in [0, 0.05) is 49.9 Å². The summed E-state index contributed by atoms with van der Waals surface area (Å²) in [5.41, 5.74) is 1.16. The number of likely N-dealkylation sites (tertiary alicyclic amines) is 1. The molecule has 2 saturated heterocycles. The largest absolute Gasteiger partial charge is 0.343 e. The number of nitrogens with one attached hydrogen (secondary N) is 1. The molecule has 0 unspecified atom stereocenters. The van der Waals surface area contributed by atoms with Gasteiger partial charge in [-0.25, -0.2) is 8.42 Å². The highest BCUT2D eigenvalue weighted by Crippen LogP contribution is 2.26. The predicted octanol–water partition coefficient (Wildman–Crippen LogP) is 0.625. The Morgan fingerprint density at radius 3 is 2.71 bits per heavy atom. The Morgan fingerprint density at radius 1 is 1.38 bits per heavy atom. The lowest BCUT2D eigenvalue weighted by atomic mass is 9.93. The minimum Gasteiger partial charge on any atom is -0.343 e. The Bertz CT molecular complexity index is 651. The Morgan fingerprint density at radius 2 is 2.12 bits per heavy atom. The SMILES string of the molecule is CN(CCC(=O)N1CCC(c2ccn[nH]2)CC1)[C@H]1CCS(=O)(=O)C1. The van der Waals surface area contributed by atoms with Gasteiger partial charge < -0.3 is 9.80 Å². The van der Waals surface area contributed by atoms with Gasteiger partial charge in [0.25, 0.3) is 0 Å². The van der Waals surface area contributed by atoms with Crippen LogP contribution in [0.2, 0.25) is 0 Å². The van der Waals surface area contributed by atoms with Crippen LogP contribution in [0.25, 0.3) is 0 Å². The maximum atomic E-state index is 12.4. The van der Waals surface area contributed by atoms with Gasteiger partial charge in [0.1, 0.15) is 0 Å². The number of carbonyl (C=O) groups excluding carboxylic acids is 1. The first-order valence-electron chi connectivity index (χ1n) is 8.62. The number of piperidine rings is 1. The molecule has 1 aromatic heterocycles. The summed E-state index contributed by atoms with van der Waals surface area (Å²) in [4.78, 5) is 16.4. The molecule has 1 N–H and O–H groups in total. The topological polar surface area (TPSA) is 86.4 Å². The molecule has 0 radical (unpaired) electrons. The highest BCUT2D eigenvalue weighted by Gasteiger charge is 2.31. The number of nitrogens with zero attached hydrogens (tertiary/aromatic N) is 3. The van der Waals surface area contributed by atoms with E-state index in [2.05, 4.69) is 10.2 Å². The Kier molecular flexibility index (Phi) is 5.24. The monoisotopic (exact) mass is 354 g/mol. The zero-order valence-electron chi connectivity index (χ0n) is 14.1. The average Bonchev–Trinajstić information content (AvgIpc) is 3.22. The number of hydrogen-bond acceptors (Lipinski definition) is 5. The van der Waals surface area contributed by atoms with Gasteiger partial charge in [0.2, 0.25) is 5.91 Å². The van der Waals surface area contributed by atoms with E-state index in [1.165, 1.54) is 0 Å². The number of H-pyrrole nitrogens is 1. The van der Waals surface area contributed by atoms with Gasteiger partial charge in [-0.1, -0.05) is 0 Å². The molecule has 7 nitrogen and oxygen atoms in total. The number of carbonyl (C=O) groups is 1. The Hall–Kier alpha value is -1.41. The molecule has 2 aliphatic heterocycles. The molecule has 3 heterocycles. The zero-order valence-corrected chi connectivity index (χ0v) is 15.0. The molecule has 24 heavy (non-hydrogen) atoms. The molecule has 2 aliphatic rings. The van der Waals surface area contributed by atoms with E-state index in [0.717, 1.165) is 31.6 Å². The van der Waals surface area contributed by atoms with Crippen molar-refractivity contribution in [2.75, 3.05) is 38.2 Å². The maximum absolute atomic E-state index is 12.4. The number of aromatic amines is 1. The summed E-state index contributed by atoms with van der Waals surface area (Å²) >= 11 is 0. The van der Waals surface area contributed by atoms with E-state index in [9.17, 15) is 13.2 Å². The Balaban J connectivity index is 1.41. The molecule has 0 aliphatic carbocycles. The third-order valence-corrected chi connectivity index (χ3v) is 7.07. The smallest absolute Gasteiger partial charge is 0.223 e. The van der Waals surface area contributed by atoms with Crippen molar-refractivity contribution < 1.29 is 13.2 Å². The number of hydrogen-bond donors (Lipinski definition) is 1. The third kappa shape index (κ3) is 4.16. The molecule has 0 bridgehead atoms. The first kappa shape index (κ1) is 17.4. The van der Waals surface area contributed by atoms with Crippen LogP contribution in [0.5, 0.6) is 0 Å². The van der Waals surface area contributed by atoms with E-state index >= 15 is 0 Å². The summed E-state index contributed by atoms with van der Waals surface area (Å²) in [5, 5.41) is 7.01. The summed E-state index contributed by atoms with van der Waals surface area (Å²) in [6.07, 6.45) is 4.84. The van der Waals surface area contributed by atoms with Gasteiger partial charge in [-0.05, 0) is 32.4 Å². The minimum absolute atomic E-state index is 0.0638. The van der Waals surface area contributed by atoms with E-state index < -0.39 is 9.84 Å². The van der Waals surface area contributed by atoms with Gasteiger partial charge in [-0.2, -0.15) is 5.10 Å². The fourth-order valence-corrected chi connectivity index (χ4v) is 5.47. The molecular weight excluding hydrogens is 328 g/mol. The molecular formula is C16H26N4O3S. The highest BCUT2D eigenvalue weighted by atomic mass is 32.2. The van der Waals surface area contributed by atoms with E-state index in [1.54, 1.807) is 6.20 Å². The van der Waals surface area contributed by atoms with Crippen LogP contribution in [0.15, 0.2) is 12.3 Å². The van der Waals surface area contributed by atoms with E-state index in [4.69, 9.17) is 0 Å². The van der Waals surface area contributed by atoms with Crippen LogP contribution in [0.1, 0.15) is 37.3 Å².